The Morgan fingerprint density at radius 3 is 1.68 bits per heavy atom. The zero-order valence-electron chi connectivity index (χ0n) is 26.7. The van der Waals surface area contributed by atoms with E-state index in [1.54, 1.807) is 0 Å². The molecule has 0 aromatic carbocycles. The van der Waals surface area contributed by atoms with E-state index >= 15 is 0 Å². The number of hydrogen-bond acceptors (Lipinski definition) is 7. The van der Waals surface area contributed by atoms with E-state index in [1.165, 1.54) is 0 Å². The molecule has 0 spiro atoms. The predicted octanol–water partition coefficient (Wildman–Crippen LogP) is 6.93. The van der Waals surface area contributed by atoms with Gasteiger partial charge in [0.2, 0.25) is 0 Å². The minimum Gasteiger partial charge on any atom is -0.762 e. The lowest BCUT2D eigenvalue weighted by Gasteiger charge is -2.54. The van der Waals surface area contributed by atoms with Crippen molar-refractivity contribution in [2.24, 2.45) is 5.92 Å². The summed E-state index contributed by atoms with van der Waals surface area (Å²) in [6.07, 6.45) is 10.2. The van der Waals surface area contributed by atoms with E-state index in [-0.39, 0.29) is 46.3 Å². The highest BCUT2D eigenvalue weighted by Crippen LogP contribution is 2.39. The standard InChI is InChI=1S/C31H60N3O4/c1-12-24(27(35)37-25-20-28(2,3)32(10)29(4,5)21-25)18-16-14-13-15-17-19-34(36)38-26-22-30(6,7)33(11)31(8,9)23-26/h24-26H,12-23H2,1-11H3/q-1. The molecule has 7 nitrogen and oxygen atoms in total. The van der Waals surface area contributed by atoms with Crippen LogP contribution in [0.4, 0.5) is 0 Å². The third kappa shape index (κ3) is 9.15. The van der Waals surface area contributed by atoms with Crippen LogP contribution in [0.3, 0.4) is 0 Å². The Kier molecular flexibility index (Phi) is 11.7. The molecule has 38 heavy (non-hydrogen) atoms. The van der Waals surface area contributed by atoms with Gasteiger partial charge in [0.15, 0.2) is 0 Å². The molecule has 0 aliphatic carbocycles. The van der Waals surface area contributed by atoms with Crippen LogP contribution in [0, 0.1) is 11.1 Å². The highest BCUT2D eigenvalue weighted by molar-refractivity contribution is 5.72. The second-order valence-corrected chi connectivity index (χ2v) is 14.7. The van der Waals surface area contributed by atoms with Crippen LogP contribution in [0.25, 0.3) is 0 Å². The lowest BCUT2D eigenvalue weighted by Crippen LogP contribution is -2.60. The summed E-state index contributed by atoms with van der Waals surface area (Å²) >= 11 is 0. The predicted molar refractivity (Wildman–Crippen MR) is 157 cm³/mol. The number of nitrogens with zero attached hydrogens (tertiary/aromatic N) is 3. The molecule has 2 saturated heterocycles. The van der Waals surface area contributed by atoms with Crippen molar-refractivity contribution in [1.82, 2.24) is 15.0 Å². The van der Waals surface area contributed by atoms with Crippen molar-refractivity contribution in [1.29, 1.82) is 0 Å². The minimum absolute atomic E-state index is 0.0102. The van der Waals surface area contributed by atoms with Crippen LogP contribution in [0.1, 0.15) is 133 Å². The molecule has 0 bridgehead atoms. The molecule has 1 atom stereocenters. The Balaban J connectivity index is 1.63. The van der Waals surface area contributed by atoms with Crippen LogP contribution < -0.4 is 0 Å². The zero-order valence-corrected chi connectivity index (χ0v) is 26.7. The molecule has 0 aromatic heterocycles. The number of hydroxylamine groups is 2. The second kappa shape index (κ2) is 13.3. The Morgan fingerprint density at radius 1 is 0.789 bits per heavy atom. The molecule has 0 N–H and O–H groups in total. The fourth-order valence-corrected chi connectivity index (χ4v) is 6.85. The summed E-state index contributed by atoms with van der Waals surface area (Å²) in [6.45, 7) is 20.3. The molecule has 224 valence electrons. The van der Waals surface area contributed by atoms with Crippen molar-refractivity contribution < 1.29 is 14.4 Å². The third-order valence-electron chi connectivity index (χ3n) is 9.81. The summed E-state index contributed by atoms with van der Waals surface area (Å²) in [5, 5.41) is 13.2. The van der Waals surface area contributed by atoms with Crippen molar-refractivity contribution in [3.8, 4) is 0 Å². The molecular formula is C31H60N3O4-. The normalized spacial score (nSPS) is 25.0. The molecule has 2 rings (SSSR count). The fourth-order valence-electron chi connectivity index (χ4n) is 6.85. The SMILES string of the molecule is CCC(CCCCCCCN([O-])OC1CC(C)(C)N(C)C(C)(C)C1)C(=O)OC1CC(C)(C)N(C)C(C)(C)C1. The average Bonchev–Trinajstić information content (AvgIpc) is 2.76. The van der Waals surface area contributed by atoms with E-state index in [4.69, 9.17) is 9.57 Å². The monoisotopic (exact) mass is 538 g/mol. The van der Waals surface area contributed by atoms with E-state index in [9.17, 15) is 10.0 Å². The zero-order chi connectivity index (χ0) is 28.9. The number of rotatable bonds is 13. The van der Waals surface area contributed by atoms with Crippen molar-refractivity contribution in [3.63, 3.8) is 0 Å². The van der Waals surface area contributed by atoms with Crippen LogP contribution in [-0.4, -0.2) is 76.0 Å². The summed E-state index contributed by atoms with van der Waals surface area (Å²) < 4.78 is 6.06. The van der Waals surface area contributed by atoms with Gasteiger partial charge >= 0.3 is 5.97 Å². The van der Waals surface area contributed by atoms with Gasteiger partial charge in [0.1, 0.15) is 6.10 Å². The molecule has 0 aromatic rings. The van der Waals surface area contributed by atoms with Crippen molar-refractivity contribution in [3.05, 3.63) is 5.21 Å². The average molecular weight is 539 g/mol. The molecule has 2 heterocycles. The van der Waals surface area contributed by atoms with Crippen molar-refractivity contribution in [2.45, 2.75) is 167 Å². The molecule has 7 heteroatoms. The lowest BCUT2D eigenvalue weighted by atomic mass is 9.78. The smallest absolute Gasteiger partial charge is 0.309 e. The van der Waals surface area contributed by atoms with Gasteiger partial charge in [0, 0.05) is 41.5 Å². The van der Waals surface area contributed by atoms with Crippen LogP contribution in [0.2, 0.25) is 0 Å². The van der Waals surface area contributed by atoms with Gasteiger partial charge in [-0.1, -0.05) is 32.6 Å². The lowest BCUT2D eigenvalue weighted by molar-refractivity contribution is -0.205. The molecule has 0 radical (unpaired) electrons. The Labute approximate surface area is 234 Å². The molecular weight excluding hydrogens is 478 g/mol. The first kappa shape index (κ1) is 33.5. The Morgan fingerprint density at radius 2 is 1.21 bits per heavy atom. The van der Waals surface area contributed by atoms with Crippen LogP contribution in [0.5, 0.6) is 0 Å². The Hall–Kier alpha value is -0.730. The first-order valence-corrected chi connectivity index (χ1v) is 15.2. The molecule has 2 aliphatic heterocycles. The first-order valence-electron chi connectivity index (χ1n) is 15.2. The highest BCUT2D eigenvalue weighted by atomic mass is 16.9. The van der Waals surface area contributed by atoms with E-state index in [2.05, 4.69) is 86.2 Å². The number of piperidine rings is 2. The summed E-state index contributed by atoms with van der Waals surface area (Å²) in [5.74, 6) is -0.0393. The quantitative estimate of drug-likeness (QED) is 0.143. The summed E-state index contributed by atoms with van der Waals surface area (Å²) in [4.78, 5) is 23.6. The number of likely N-dealkylation sites (tertiary alicyclic amines) is 2. The topological polar surface area (TPSA) is 68.3 Å². The second-order valence-electron chi connectivity index (χ2n) is 14.7. The number of hydrogen-bond donors (Lipinski definition) is 0. The molecule has 1 unspecified atom stereocenters. The van der Waals surface area contributed by atoms with Gasteiger partial charge in [-0.2, -0.15) is 0 Å². The van der Waals surface area contributed by atoms with E-state index in [0.717, 1.165) is 75.9 Å². The third-order valence-corrected chi connectivity index (χ3v) is 9.81. The van der Waals surface area contributed by atoms with Gasteiger partial charge < -0.3 is 14.8 Å². The maximum absolute atomic E-state index is 13.0. The van der Waals surface area contributed by atoms with Gasteiger partial charge in [-0.15, -0.1) is 0 Å². The number of esters is 1. The van der Waals surface area contributed by atoms with E-state index in [1.807, 2.05) is 0 Å². The largest absolute Gasteiger partial charge is 0.762 e. The molecule has 2 aliphatic rings. The van der Waals surface area contributed by atoms with Crippen molar-refractivity contribution in [2.75, 3.05) is 20.6 Å². The molecule has 0 amide bonds. The van der Waals surface area contributed by atoms with Crippen LogP contribution in [0.15, 0.2) is 0 Å². The molecule has 2 fully saturated rings. The molecule has 0 saturated carbocycles. The number of carbonyl (C=O) groups excluding carboxylic acids is 1. The maximum Gasteiger partial charge on any atom is 0.309 e. The fraction of sp³-hybridized carbons (Fsp3) is 0.968. The number of unbranched alkanes of at least 4 members (excludes halogenated alkanes) is 4. The number of carbonyl (C=O) groups is 1. The maximum atomic E-state index is 13.0. The van der Waals surface area contributed by atoms with Gasteiger partial charge in [0.25, 0.3) is 0 Å². The van der Waals surface area contributed by atoms with Gasteiger partial charge in [0.05, 0.1) is 12.0 Å². The van der Waals surface area contributed by atoms with Gasteiger partial charge in [-0.3, -0.25) is 19.8 Å². The van der Waals surface area contributed by atoms with E-state index in [0.29, 0.717) is 6.54 Å². The van der Waals surface area contributed by atoms with Crippen LogP contribution in [-0.2, 0) is 14.4 Å². The summed E-state index contributed by atoms with van der Waals surface area (Å²) in [7, 11) is 4.33. The van der Waals surface area contributed by atoms with Gasteiger partial charge in [-0.05, 0) is 102 Å². The minimum atomic E-state index is -0.0360. The van der Waals surface area contributed by atoms with Gasteiger partial charge in [-0.25, -0.2) is 0 Å². The summed E-state index contributed by atoms with van der Waals surface area (Å²) in [6, 6.07) is 0. The van der Waals surface area contributed by atoms with Crippen LogP contribution >= 0.6 is 0 Å². The van der Waals surface area contributed by atoms with E-state index < -0.39 is 0 Å². The summed E-state index contributed by atoms with van der Waals surface area (Å²) in [5.41, 5.74) is 0.0471. The Bertz CT molecular complexity index is 715. The highest BCUT2D eigenvalue weighted by Gasteiger charge is 2.45. The van der Waals surface area contributed by atoms with Crippen molar-refractivity contribution >= 4 is 5.97 Å². The number of ether oxygens (including phenoxy) is 1. The first-order chi connectivity index (χ1) is 17.4.